The van der Waals surface area contributed by atoms with Gasteiger partial charge in [-0.1, -0.05) is 91.9 Å². The van der Waals surface area contributed by atoms with Gasteiger partial charge >= 0.3 is 5.97 Å². The third-order valence-corrected chi connectivity index (χ3v) is 10.3. The summed E-state index contributed by atoms with van der Waals surface area (Å²) in [4.78, 5) is 33.7. The number of rotatable bonds is 9. The minimum Gasteiger partial charge on any atom is -0.487 e. The Morgan fingerprint density at radius 2 is 1.73 bits per heavy atom. The van der Waals surface area contributed by atoms with E-state index in [1.54, 1.807) is 23.6 Å². The van der Waals surface area contributed by atoms with Gasteiger partial charge in [0, 0.05) is 14.7 Å². The molecular formula is C38H31FI2N2O4S. The van der Waals surface area contributed by atoms with Crippen LogP contribution >= 0.6 is 56.5 Å². The second-order valence-corrected chi connectivity index (χ2v) is 14.9. The molecule has 1 aromatic heterocycles. The molecular weight excluding hydrogens is 853 g/mol. The summed E-state index contributed by atoms with van der Waals surface area (Å²) in [7, 11) is 0. The molecule has 1 aliphatic heterocycles. The molecule has 48 heavy (non-hydrogen) atoms. The Hall–Kier alpha value is -3.62. The lowest BCUT2D eigenvalue weighted by molar-refractivity contribution is -0.138. The van der Waals surface area contributed by atoms with E-state index in [0.29, 0.717) is 32.3 Å². The quantitative estimate of drug-likeness (QED) is 0.111. The van der Waals surface area contributed by atoms with E-state index >= 15 is 0 Å². The molecule has 0 saturated heterocycles. The predicted octanol–water partition coefficient (Wildman–Crippen LogP) is 7.99. The standard InChI is InChI=1S/C38H31FI2N2O4S/c1-4-46-37(45)32-33(25-8-6-5-7-9-25)42-38-43(34(32)26-14-12-24(13-15-26)22(2)3)36(44)31(48-38)19-27-18-29(40)20-30(41)35(27)47-21-23-10-16-28(39)17-11-23/h5-20,22,34H,4,21H2,1-3H3/b31-19-/t34-/m0/s1. The molecule has 0 bridgehead atoms. The average molecular weight is 885 g/mol. The van der Waals surface area contributed by atoms with Gasteiger partial charge in [-0.25, -0.2) is 14.2 Å². The molecule has 4 aromatic carbocycles. The normalized spacial score (nSPS) is 14.6. The molecule has 1 atom stereocenters. The van der Waals surface area contributed by atoms with E-state index in [2.05, 4.69) is 59.0 Å². The van der Waals surface area contributed by atoms with E-state index in [-0.39, 0.29) is 24.6 Å². The van der Waals surface area contributed by atoms with Crippen LogP contribution in [0, 0.1) is 13.0 Å². The first-order valence-electron chi connectivity index (χ1n) is 15.4. The number of hydrogen-bond acceptors (Lipinski definition) is 6. The number of thiazole rings is 1. The van der Waals surface area contributed by atoms with Crippen molar-refractivity contribution in [2.75, 3.05) is 6.61 Å². The predicted molar refractivity (Wildman–Crippen MR) is 204 cm³/mol. The number of esters is 1. The Morgan fingerprint density at radius 3 is 2.40 bits per heavy atom. The van der Waals surface area contributed by atoms with Gasteiger partial charge in [0.2, 0.25) is 0 Å². The fourth-order valence-corrected chi connectivity index (χ4v) is 8.57. The maximum absolute atomic E-state index is 14.5. The van der Waals surface area contributed by atoms with E-state index in [4.69, 9.17) is 14.5 Å². The summed E-state index contributed by atoms with van der Waals surface area (Å²) >= 11 is 5.74. The number of fused-ring (bicyclic) bond motifs is 1. The molecule has 10 heteroatoms. The SMILES string of the molecule is CCOC(=O)C1=C(c2ccccc2)N=c2s/c(=C\c3cc(I)cc(I)c3OCc3ccc(F)cc3)c(=O)n2[C@H]1c1ccc(C(C)C)cc1. The Labute approximate surface area is 308 Å². The van der Waals surface area contributed by atoms with E-state index < -0.39 is 12.0 Å². The summed E-state index contributed by atoms with van der Waals surface area (Å²) in [5.74, 6) is 0.103. The third-order valence-electron chi connectivity index (χ3n) is 7.91. The fraction of sp³-hybridized carbons (Fsp3) is 0.184. The van der Waals surface area contributed by atoms with Crippen molar-refractivity contribution in [2.45, 2.75) is 39.3 Å². The molecule has 2 heterocycles. The number of carbonyl (C=O) groups is 1. The lowest BCUT2D eigenvalue weighted by Crippen LogP contribution is -2.40. The Bertz CT molecular complexity index is 2190. The molecule has 0 N–H and O–H groups in total. The average Bonchev–Trinajstić information content (AvgIpc) is 3.38. The van der Waals surface area contributed by atoms with Crippen molar-refractivity contribution >= 4 is 74.3 Å². The molecule has 0 spiro atoms. The topological polar surface area (TPSA) is 69.9 Å². The molecule has 0 radical (unpaired) electrons. The lowest BCUT2D eigenvalue weighted by atomic mass is 9.91. The Balaban J connectivity index is 1.55. The minimum absolute atomic E-state index is 0.180. The first-order chi connectivity index (χ1) is 23.1. The molecule has 6 nitrogen and oxygen atoms in total. The second-order valence-electron chi connectivity index (χ2n) is 11.5. The van der Waals surface area contributed by atoms with Gasteiger partial charge < -0.3 is 9.47 Å². The number of benzene rings is 4. The first-order valence-corrected chi connectivity index (χ1v) is 18.4. The van der Waals surface area contributed by atoms with Gasteiger partial charge in [0.25, 0.3) is 5.56 Å². The summed E-state index contributed by atoms with van der Waals surface area (Å²) in [6.07, 6.45) is 1.82. The van der Waals surface area contributed by atoms with Crippen molar-refractivity contribution in [3.63, 3.8) is 0 Å². The molecule has 1 aliphatic rings. The minimum atomic E-state index is -0.760. The van der Waals surface area contributed by atoms with Crippen molar-refractivity contribution < 1.29 is 18.7 Å². The first kappa shape index (κ1) is 34.3. The van der Waals surface area contributed by atoms with Crippen LogP contribution in [0.1, 0.15) is 60.5 Å². The van der Waals surface area contributed by atoms with Crippen molar-refractivity contribution in [2.24, 2.45) is 4.99 Å². The number of halogens is 3. The zero-order chi connectivity index (χ0) is 33.9. The van der Waals surface area contributed by atoms with Crippen molar-refractivity contribution in [1.82, 2.24) is 4.57 Å². The molecule has 0 unspecified atom stereocenters. The van der Waals surface area contributed by atoms with Gasteiger partial charge in [-0.05, 0) is 105 Å². The van der Waals surface area contributed by atoms with Gasteiger partial charge in [0.05, 0.1) is 32.0 Å². The second kappa shape index (κ2) is 14.9. The van der Waals surface area contributed by atoms with Crippen LogP contribution < -0.4 is 19.6 Å². The van der Waals surface area contributed by atoms with Crippen LogP contribution in [-0.4, -0.2) is 17.1 Å². The highest BCUT2D eigenvalue weighted by Crippen LogP contribution is 2.36. The number of aromatic nitrogens is 1. The molecule has 0 fully saturated rings. The maximum atomic E-state index is 14.5. The van der Waals surface area contributed by atoms with Gasteiger partial charge in [-0.15, -0.1) is 0 Å². The number of carbonyl (C=O) groups excluding carboxylic acids is 1. The monoisotopic (exact) mass is 884 g/mol. The van der Waals surface area contributed by atoms with Crippen LogP contribution in [-0.2, 0) is 16.1 Å². The van der Waals surface area contributed by atoms with Crippen molar-refractivity contribution in [3.8, 4) is 5.75 Å². The zero-order valence-electron chi connectivity index (χ0n) is 26.4. The molecule has 0 amide bonds. The van der Waals surface area contributed by atoms with E-state index in [0.717, 1.165) is 35.0 Å². The summed E-state index contributed by atoms with van der Waals surface area (Å²) in [5.41, 5.74) is 4.75. The summed E-state index contributed by atoms with van der Waals surface area (Å²) in [6.45, 7) is 6.42. The number of ether oxygens (including phenoxy) is 2. The molecule has 0 aliphatic carbocycles. The highest BCUT2D eigenvalue weighted by atomic mass is 127. The number of nitrogens with zero attached hydrogens (tertiary/aromatic N) is 2. The zero-order valence-corrected chi connectivity index (χ0v) is 31.5. The van der Waals surface area contributed by atoms with Gasteiger partial charge in [0.1, 0.15) is 18.2 Å². The summed E-state index contributed by atoms with van der Waals surface area (Å²) in [5, 5.41) is 0. The summed E-state index contributed by atoms with van der Waals surface area (Å²) < 4.78 is 29.3. The Kier molecular flexibility index (Phi) is 10.6. The van der Waals surface area contributed by atoms with Crippen LogP contribution in [0.15, 0.2) is 106 Å². The van der Waals surface area contributed by atoms with Gasteiger partial charge in [-0.2, -0.15) is 0 Å². The fourth-order valence-electron chi connectivity index (χ4n) is 5.54. The Morgan fingerprint density at radius 1 is 1.02 bits per heavy atom. The molecule has 244 valence electrons. The van der Waals surface area contributed by atoms with E-state index in [1.165, 1.54) is 23.5 Å². The van der Waals surface area contributed by atoms with E-state index in [9.17, 15) is 14.0 Å². The molecule has 6 rings (SSSR count). The molecule has 0 saturated carbocycles. The van der Waals surface area contributed by atoms with Crippen LogP contribution in [0.2, 0.25) is 0 Å². The van der Waals surface area contributed by atoms with Crippen LogP contribution in [0.25, 0.3) is 11.8 Å². The summed E-state index contributed by atoms with van der Waals surface area (Å²) in [6, 6.07) is 26.9. The highest BCUT2D eigenvalue weighted by molar-refractivity contribution is 14.1. The lowest BCUT2D eigenvalue weighted by Gasteiger charge is -2.26. The largest absolute Gasteiger partial charge is 0.487 e. The maximum Gasteiger partial charge on any atom is 0.338 e. The smallest absolute Gasteiger partial charge is 0.338 e. The van der Waals surface area contributed by atoms with Gasteiger partial charge in [0.15, 0.2) is 4.80 Å². The van der Waals surface area contributed by atoms with Crippen LogP contribution in [0.3, 0.4) is 0 Å². The number of hydrogen-bond donors (Lipinski definition) is 0. The highest BCUT2D eigenvalue weighted by Gasteiger charge is 2.35. The molecule has 5 aromatic rings. The van der Waals surface area contributed by atoms with Crippen molar-refractivity contribution in [1.29, 1.82) is 0 Å². The van der Waals surface area contributed by atoms with E-state index in [1.807, 2.05) is 72.8 Å². The van der Waals surface area contributed by atoms with Gasteiger partial charge in [-0.3, -0.25) is 9.36 Å². The van der Waals surface area contributed by atoms with Crippen molar-refractivity contribution in [3.05, 3.63) is 157 Å². The van der Waals surface area contributed by atoms with Crippen LogP contribution in [0.4, 0.5) is 4.39 Å². The third kappa shape index (κ3) is 7.20. The van der Waals surface area contributed by atoms with Crippen LogP contribution in [0.5, 0.6) is 5.75 Å².